The van der Waals surface area contributed by atoms with Crippen molar-refractivity contribution >= 4 is 5.69 Å². The van der Waals surface area contributed by atoms with Crippen LogP contribution in [0.3, 0.4) is 0 Å². The van der Waals surface area contributed by atoms with Crippen LogP contribution in [-0.4, -0.2) is 14.2 Å². The lowest BCUT2D eigenvalue weighted by Crippen LogP contribution is -1.92. The van der Waals surface area contributed by atoms with Crippen LogP contribution >= 0.6 is 0 Å². The van der Waals surface area contributed by atoms with Gasteiger partial charge >= 0.3 is 0 Å². The highest BCUT2D eigenvalue weighted by Gasteiger charge is 2.12. The molecule has 0 N–H and O–H groups in total. The van der Waals surface area contributed by atoms with Crippen molar-refractivity contribution in [2.24, 2.45) is 5.11 Å². The van der Waals surface area contributed by atoms with E-state index in [1.807, 2.05) is 0 Å². The number of benzene rings is 2. The Balaban J connectivity index is 2.55. The molecule has 5 nitrogen and oxygen atoms in total. The second-order valence-electron chi connectivity index (χ2n) is 4.05. The van der Waals surface area contributed by atoms with Crippen LogP contribution in [0.1, 0.15) is 0 Å². The molecule has 2 aromatic carbocycles. The molecular formula is C14H11F2N3O2. The normalized spacial score (nSPS) is 9.90. The number of rotatable bonds is 4. The van der Waals surface area contributed by atoms with E-state index in [1.165, 1.54) is 14.2 Å². The van der Waals surface area contributed by atoms with Gasteiger partial charge in [-0.15, -0.1) is 0 Å². The minimum atomic E-state index is -0.933. The zero-order valence-electron chi connectivity index (χ0n) is 11.3. The molecule has 2 rings (SSSR count). The maximum Gasteiger partial charge on any atom is 0.161 e. The van der Waals surface area contributed by atoms with Gasteiger partial charge in [-0.05, 0) is 40.9 Å². The number of ether oxygens (including phenoxy) is 2. The molecular weight excluding hydrogens is 280 g/mol. The van der Waals surface area contributed by atoms with Crippen molar-refractivity contribution in [3.8, 4) is 22.6 Å². The topological polar surface area (TPSA) is 67.2 Å². The van der Waals surface area contributed by atoms with Gasteiger partial charge in [0.05, 0.1) is 14.2 Å². The van der Waals surface area contributed by atoms with Crippen LogP contribution in [0.25, 0.3) is 21.6 Å². The molecule has 2 aromatic rings. The summed E-state index contributed by atoms with van der Waals surface area (Å²) in [5.41, 5.74) is 8.46. The van der Waals surface area contributed by atoms with Crippen molar-refractivity contribution in [3.63, 3.8) is 0 Å². The van der Waals surface area contributed by atoms with E-state index in [4.69, 9.17) is 15.0 Å². The van der Waals surface area contributed by atoms with E-state index in [0.29, 0.717) is 22.6 Å². The average Bonchev–Trinajstić information content (AvgIpc) is 2.50. The fourth-order valence-corrected chi connectivity index (χ4v) is 1.89. The number of hydrogen-bond donors (Lipinski definition) is 0. The predicted molar refractivity (Wildman–Crippen MR) is 73.7 cm³/mol. The van der Waals surface area contributed by atoms with Crippen molar-refractivity contribution in [1.82, 2.24) is 0 Å². The van der Waals surface area contributed by atoms with Gasteiger partial charge in [0.2, 0.25) is 0 Å². The van der Waals surface area contributed by atoms with Gasteiger partial charge in [0.1, 0.15) is 17.3 Å². The Morgan fingerprint density at radius 1 is 0.952 bits per heavy atom. The third kappa shape index (κ3) is 2.88. The van der Waals surface area contributed by atoms with Gasteiger partial charge in [-0.3, -0.25) is 0 Å². The smallest absolute Gasteiger partial charge is 0.161 e. The zero-order valence-corrected chi connectivity index (χ0v) is 11.3. The number of hydrogen-bond acceptors (Lipinski definition) is 3. The van der Waals surface area contributed by atoms with Crippen LogP contribution < -0.4 is 9.47 Å². The zero-order chi connectivity index (χ0) is 15.4. The summed E-state index contributed by atoms with van der Waals surface area (Å²) >= 11 is 0. The Morgan fingerprint density at radius 3 is 2.10 bits per heavy atom. The molecule has 0 fully saturated rings. The lowest BCUT2D eigenvalue weighted by Gasteiger charge is -2.10. The molecule has 0 aliphatic heterocycles. The van der Waals surface area contributed by atoms with Crippen LogP contribution in [0.2, 0.25) is 0 Å². The second kappa shape index (κ2) is 6.11. The van der Waals surface area contributed by atoms with Crippen LogP contribution in [-0.2, 0) is 0 Å². The molecule has 0 spiro atoms. The molecule has 0 bridgehead atoms. The standard InChI is InChI=1S/C14H11F2N3O2/c1-20-12-4-3-8(7-13(12)21-2)9-5-10(15)14(18-19-17)11(16)6-9/h3-7H,1-2H3. The van der Waals surface area contributed by atoms with Gasteiger partial charge in [0.25, 0.3) is 0 Å². The molecule has 0 atom stereocenters. The second-order valence-corrected chi connectivity index (χ2v) is 4.05. The van der Waals surface area contributed by atoms with Crippen molar-refractivity contribution in [3.05, 3.63) is 52.4 Å². The molecule has 0 heterocycles. The van der Waals surface area contributed by atoms with Crippen molar-refractivity contribution in [2.45, 2.75) is 0 Å². The first-order valence-corrected chi connectivity index (χ1v) is 5.87. The first kappa shape index (κ1) is 14.6. The van der Waals surface area contributed by atoms with Gasteiger partial charge in [-0.25, -0.2) is 8.78 Å². The first-order chi connectivity index (χ1) is 10.1. The van der Waals surface area contributed by atoms with E-state index in [1.54, 1.807) is 18.2 Å². The lowest BCUT2D eigenvalue weighted by atomic mass is 10.0. The molecule has 0 aromatic heterocycles. The summed E-state index contributed by atoms with van der Waals surface area (Å²) in [5.74, 6) is -0.919. The molecule has 7 heteroatoms. The summed E-state index contributed by atoms with van der Waals surface area (Å²) < 4.78 is 37.7. The molecule has 0 unspecified atom stereocenters. The highest BCUT2D eigenvalue weighted by Crippen LogP contribution is 2.34. The van der Waals surface area contributed by atoms with Crippen molar-refractivity contribution in [1.29, 1.82) is 0 Å². The third-order valence-electron chi connectivity index (χ3n) is 2.88. The van der Waals surface area contributed by atoms with E-state index in [0.717, 1.165) is 12.1 Å². The van der Waals surface area contributed by atoms with Gasteiger partial charge in [0, 0.05) is 4.91 Å². The molecule has 0 aliphatic rings. The van der Waals surface area contributed by atoms with E-state index >= 15 is 0 Å². The fourth-order valence-electron chi connectivity index (χ4n) is 1.89. The third-order valence-corrected chi connectivity index (χ3v) is 2.88. The summed E-state index contributed by atoms with van der Waals surface area (Å²) in [4.78, 5) is 2.39. The lowest BCUT2D eigenvalue weighted by molar-refractivity contribution is 0.355. The maximum atomic E-state index is 13.8. The van der Waals surface area contributed by atoms with Crippen LogP contribution in [0.4, 0.5) is 14.5 Å². The highest BCUT2D eigenvalue weighted by molar-refractivity contribution is 5.69. The Labute approximate surface area is 119 Å². The summed E-state index contributed by atoms with van der Waals surface area (Å²) in [6, 6.07) is 7.05. The molecule has 0 aliphatic carbocycles. The molecule has 0 amide bonds. The quantitative estimate of drug-likeness (QED) is 0.469. The van der Waals surface area contributed by atoms with Crippen molar-refractivity contribution < 1.29 is 18.3 Å². The molecule has 0 radical (unpaired) electrons. The Morgan fingerprint density at radius 2 is 1.57 bits per heavy atom. The molecule has 108 valence electrons. The molecule has 0 saturated carbocycles. The van der Waals surface area contributed by atoms with Crippen LogP contribution in [0.5, 0.6) is 11.5 Å². The van der Waals surface area contributed by atoms with Crippen molar-refractivity contribution in [2.75, 3.05) is 14.2 Å². The minimum absolute atomic E-state index is 0.294. The number of methoxy groups -OCH3 is 2. The largest absolute Gasteiger partial charge is 0.493 e. The van der Waals surface area contributed by atoms with Gasteiger partial charge in [-0.2, -0.15) is 0 Å². The monoisotopic (exact) mass is 291 g/mol. The predicted octanol–water partition coefficient (Wildman–Crippen LogP) is 4.59. The van der Waals surface area contributed by atoms with Crippen LogP contribution in [0.15, 0.2) is 35.4 Å². The van der Waals surface area contributed by atoms with E-state index in [9.17, 15) is 8.78 Å². The van der Waals surface area contributed by atoms with Crippen LogP contribution in [0, 0.1) is 11.6 Å². The number of azide groups is 1. The van der Waals surface area contributed by atoms with Gasteiger partial charge in [-0.1, -0.05) is 11.2 Å². The van der Waals surface area contributed by atoms with E-state index in [-0.39, 0.29) is 0 Å². The minimum Gasteiger partial charge on any atom is -0.493 e. The van der Waals surface area contributed by atoms with E-state index < -0.39 is 17.3 Å². The fraction of sp³-hybridized carbons (Fsp3) is 0.143. The Bertz CT molecular complexity index is 705. The average molecular weight is 291 g/mol. The maximum absolute atomic E-state index is 13.8. The van der Waals surface area contributed by atoms with Gasteiger partial charge in [0.15, 0.2) is 11.5 Å². The molecule has 0 saturated heterocycles. The SMILES string of the molecule is COc1ccc(-c2cc(F)c(N=[N+]=[N-])c(F)c2)cc1OC. The molecule has 21 heavy (non-hydrogen) atoms. The summed E-state index contributed by atoms with van der Waals surface area (Å²) in [6.07, 6.45) is 0. The van der Waals surface area contributed by atoms with E-state index in [2.05, 4.69) is 10.0 Å². The Hall–Kier alpha value is -2.79. The number of nitrogens with zero attached hydrogens (tertiary/aromatic N) is 3. The van der Waals surface area contributed by atoms with Gasteiger partial charge < -0.3 is 9.47 Å². The summed E-state index contributed by atoms with van der Waals surface area (Å²) in [5, 5.41) is 2.99. The summed E-state index contributed by atoms with van der Waals surface area (Å²) in [7, 11) is 2.96. The highest BCUT2D eigenvalue weighted by atomic mass is 19.1. The Kier molecular flexibility index (Phi) is 4.25. The number of halogens is 2. The summed E-state index contributed by atoms with van der Waals surface area (Å²) in [6.45, 7) is 0. The first-order valence-electron chi connectivity index (χ1n) is 5.87.